The zero-order valence-electron chi connectivity index (χ0n) is 16.7. The highest BCUT2D eigenvalue weighted by molar-refractivity contribution is 6.02. The predicted octanol–water partition coefficient (Wildman–Crippen LogP) is 3.45. The summed E-state index contributed by atoms with van der Waals surface area (Å²) in [5.74, 6) is -0.267. The number of anilines is 2. The van der Waals surface area contributed by atoms with E-state index in [2.05, 4.69) is 15.6 Å². The van der Waals surface area contributed by atoms with E-state index in [0.717, 1.165) is 11.3 Å². The van der Waals surface area contributed by atoms with Crippen molar-refractivity contribution in [2.75, 3.05) is 24.3 Å². The summed E-state index contributed by atoms with van der Waals surface area (Å²) in [6.07, 6.45) is 3.82. The van der Waals surface area contributed by atoms with Crippen LogP contribution in [0.25, 0.3) is 0 Å². The fourth-order valence-electron chi connectivity index (χ4n) is 2.65. The lowest BCUT2D eigenvalue weighted by Crippen LogP contribution is -2.26. The molecule has 0 spiro atoms. The maximum Gasteiger partial charge on any atom is 0.253 e. The number of aromatic nitrogens is 1. The molecular weight excluding hydrogens is 340 g/mol. The van der Waals surface area contributed by atoms with E-state index in [1.54, 1.807) is 18.5 Å². The Hall–Kier alpha value is -2.89. The summed E-state index contributed by atoms with van der Waals surface area (Å²) in [6.45, 7) is 6.43. The van der Waals surface area contributed by atoms with Gasteiger partial charge in [0.2, 0.25) is 5.91 Å². The number of carbonyl (C=O) groups excluding carboxylic acids is 2. The van der Waals surface area contributed by atoms with Crippen molar-refractivity contribution in [3.8, 4) is 0 Å². The number of nitrogens with one attached hydrogen (secondary N) is 2. The second-order valence-corrected chi connectivity index (χ2v) is 7.96. The Morgan fingerprint density at radius 3 is 2.48 bits per heavy atom. The zero-order valence-corrected chi connectivity index (χ0v) is 16.7. The van der Waals surface area contributed by atoms with Crippen LogP contribution in [-0.4, -0.2) is 30.9 Å². The van der Waals surface area contributed by atoms with Crippen molar-refractivity contribution in [2.45, 2.75) is 33.7 Å². The van der Waals surface area contributed by atoms with Gasteiger partial charge in [-0.3, -0.25) is 14.6 Å². The molecule has 0 saturated heterocycles. The highest BCUT2D eigenvalue weighted by atomic mass is 16.2. The SMILES string of the molecule is CN(C)c1ccc(NC(=O)CC(C)(C)C)cc1C(=O)NCc1cccnc1. The topological polar surface area (TPSA) is 74.3 Å². The minimum Gasteiger partial charge on any atom is -0.377 e. The van der Waals surface area contributed by atoms with Crippen molar-refractivity contribution >= 4 is 23.2 Å². The molecule has 0 bridgehead atoms. The van der Waals surface area contributed by atoms with Gasteiger partial charge in [-0.2, -0.15) is 0 Å². The summed E-state index contributed by atoms with van der Waals surface area (Å²) in [5.41, 5.74) is 2.73. The molecule has 0 aliphatic heterocycles. The van der Waals surface area contributed by atoms with E-state index >= 15 is 0 Å². The molecule has 2 amide bonds. The molecule has 2 N–H and O–H groups in total. The van der Waals surface area contributed by atoms with Gasteiger partial charge >= 0.3 is 0 Å². The molecule has 144 valence electrons. The Morgan fingerprint density at radius 1 is 1.15 bits per heavy atom. The third-order valence-corrected chi connectivity index (χ3v) is 3.87. The summed E-state index contributed by atoms with van der Waals surface area (Å²) in [4.78, 5) is 30.9. The van der Waals surface area contributed by atoms with Crippen LogP contribution >= 0.6 is 0 Å². The Bertz CT molecular complexity index is 796. The van der Waals surface area contributed by atoms with Crippen molar-refractivity contribution in [3.05, 3.63) is 53.9 Å². The maximum absolute atomic E-state index is 12.7. The molecule has 6 heteroatoms. The van der Waals surface area contributed by atoms with Crippen molar-refractivity contribution in [1.29, 1.82) is 0 Å². The number of hydrogen-bond donors (Lipinski definition) is 2. The maximum atomic E-state index is 12.7. The first-order chi connectivity index (χ1) is 12.7. The molecule has 0 fully saturated rings. The van der Waals surface area contributed by atoms with E-state index in [-0.39, 0.29) is 17.2 Å². The van der Waals surface area contributed by atoms with Crippen LogP contribution in [0, 0.1) is 5.41 Å². The van der Waals surface area contributed by atoms with Crippen LogP contribution in [-0.2, 0) is 11.3 Å². The van der Waals surface area contributed by atoms with Crippen molar-refractivity contribution < 1.29 is 9.59 Å². The lowest BCUT2D eigenvalue weighted by Gasteiger charge is -2.20. The largest absolute Gasteiger partial charge is 0.377 e. The van der Waals surface area contributed by atoms with E-state index in [1.807, 2.05) is 64.0 Å². The predicted molar refractivity (Wildman–Crippen MR) is 109 cm³/mol. The van der Waals surface area contributed by atoms with Gasteiger partial charge in [0.15, 0.2) is 0 Å². The standard InChI is InChI=1S/C21H28N4O2/c1-21(2,3)12-19(26)24-16-8-9-18(25(4)5)17(11-16)20(27)23-14-15-7-6-10-22-13-15/h6-11,13H,12,14H2,1-5H3,(H,23,27)(H,24,26). The minimum atomic E-state index is -0.200. The van der Waals surface area contributed by atoms with Crippen molar-refractivity contribution in [3.63, 3.8) is 0 Å². The molecule has 1 heterocycles. The third kappa shape index (κ3) is 6.40. The monoisotopic (exact) mass is 368 g/mol. The molecule has 0 radical (unpaired) electrons. The zero-order chi connectivity index (χ0) is 20.0. The highest BCUT2D eigenvalue weighted by Gasteiger charge is 2.18. The normalized spacial score (nSPS) is 11.0. The number of carbonyl (C=O) groups is 2. The van der Waals surface area contributed by atoms with Gasteiger partial charge in [0.05, 0.1) is 5.56 Å². The molecule has 0 saturated carbocycles. The van der Waals surface area contributed by atoms with Crippen LogP contribution in [0.4, 0.5) is 11.4 Å². The molecule has 6 nitrogen and oxygen atoms in total. The Labute approximate surface area is 161 Å². The summed E-state index contributed by atoms with van der Waals surface area (Å²) >= 11 is 0. The van der Waals surface area contributed by atoms with Gasteiger partial charge in [-0.05, 0) is 35.2 Å². The molecule has 2 rings (SSSR count). The quantitative estimate of drug-likeness (QED) is 0.819. The Balaban J connectivity index is 2.17. The van der Waals surface area contributed by atoms with Gasteiger partial charge in [0.1, 0.15) is 0 Å². The number of hydrogen-bond acceptors (Lipinski definition) is 4. The fraction of sp³-hybridized carbons (Fsp3) is 0.381. The van der Waals surface area contributed by atoms with Crippen LogP contribution in [0.5, 0.6) is 0 Å². The lowest BCUT2D eigenvalue weighted by molar-refractivity contribution is -0.117. The van der Waals surface area contributed by atoms with Crippen molar-refractivity contribution in [2.24, 2.45) is 5.41 Å². The highest BCUT2D eigenvalue weighted by Crippen LogP contribution is 2.24. The third-order valence-electron chi connectivity index (χ3n) is 3.87. The molecule has 0 unspecified atom stereocenters. The first-order valence-corrected chi connectivity index (χ1v) is 8.94. The van der Waals surface area contributed by atoms with Gasteiger partial charge in [-0.15, -0.1) is 0 Å². The van der Waals surface area contributed by atoms with Gasteiger partial charge in [-0.25, -0.2) is 0 Å². The van der Waals surface area contributed by atoms with E-state index in [1.165, 1.54) is 0 Å². The second-order valence-electron chi connectivity index (χ2n) is 7.96. The van der Waals surface area contributed by atoms with Crippen LogP contribution < -0.4 is 15.5 Å². The minimum absolute atomic E-state index is 0.0678. The van der Waals surface area contributed by atoms with E-state index in [0.29, 0.717) is 24.2 Å². The number of rotatable bonds is 6. The van der Waals surface area contributed by atoms with Gasteiger partial charge in [0.25, 0.3) is 5.91 Å². The first kappa shape index (κ1) is 20.4. The molecule has 0 aliphatic carbocycles. The molecule has 27 heavy (non-hydrogen) atoms. The first-order valence-electron chi connectivity index (χ1n) is 8.94. The van der Waals surface area contributed by atoms with E-state index < -0.39 is 0 Å². The van der Waals surface area contributed by atoms with Crippen LogP contribution in [0.15, 0.2) is 42.7 Å². The molecule has 1 aromatic carbocycles. The van der Waals surface area contributed by atoms with Crippen LogP contribution in [0.2, 0.25) is 0 Å². The number of pyridine rings is 1. The number of benzene rings is 1. The second kappa shape index (κ2) is 8.66. The summed E-state index contributed by atoms with van der Waals surface area (Å²) in [6, 6.07) is 9.11. The van der Waals surface area contributed by atoms with Gasteiger partial charge in [-0.1, -0.05) is 26.8 Å². The summed E-state index contributed by atoms with van der Waals surface area (Å²) in [5, 5.41) is 5.80. The van der Waals surface area contributed by atoms with Crippen LogP contribution in [0.3, 0.4) is 0 Å². The Morgan fingerprint density at radius 2 is 1.89 bits per heavy atom. The lowest BCUT2D eigenvalue weighted by atomic mass is 9.92. The summed E-state index contributed by atoms with van der Waals surface area (Å²) < 4.78 is 0. The van der Waals surface area contributed by atoms with Gasteiger partial charge in [0, 0.05) is 50.8 Å². The van der Waals surface area contributed by atoms with Gasteiger partial charge < -0.3 is 15.5 Å². The van der Waals surface area contributed by atoms with E-state index in [9.17, 15) is 9.59 Å². The smallest absolute Gasteiger partial charge is 0.253 e. The molecule has 2 aromatic rings. The average Bonchev–Trinajstić information content (AvgIpc) is 2.58. The molecule has 1 aromatic heterocycles. The fourth-order valence-corrected chi connectivity index (χ4v) is 2.65. The van der Waals surface area contributed by atoms with Crippen molar-refractivity contribution in [1.82, 2.24) is 10.3 Å². The molecule has 0 aliphatic rings. The molecule has 0 atom stereocenters. The Kier molecular flexibility index (Phi) is 6.55. The molecular formula is C21H28N4O2. The average molecular weight is 368 g/mol. The van der Waals surface area contributed by atoms with E-state index in [4.69, 9.17) is 0 Å². The number of amides is 2. The van der Waals surface area contributed by atoms with Crippen LogP contribution in [0.1, 0.15) is 43.1 Å². The number of nitrogens with zero attached hydrogens (tertiary/aromatic N) is 2. The summed E-state index contributed by atoms with van der Waals surface area (Å²) in [7, 11) is 3.76.